The van der Waals surface area contributed by atoms with Crippen molar-refractivity contribution >= 4 is 0 Å². The van der Waals surface area contributed by atoms with Gasteiger partial charge < -0.3 is 16.2 Å². The zero-order valence-corrected chi connectivity index (χ0v) is 7.16. The summed E-state index contributed by atoms with van der Waals surface area (Å²) in [6.07, 6.45) is 0. The topological polar surface area (TPSA) is 61.3 Å². The monoisotopic (exact) mass is 166 g/mol. The third kappa shape index (κ3) is 1.96. The van der Waals surface area contributed by atoms with Crippen molar-refractivity contribution in [3.8, 4) is 5.75 Å². The molecule has 1 aromatic carbocycles. The molecule has 0 spiro atoms. The third-order valence-electron chi connectivity index (χ3n) is 1.78. The fourth-order valence-corrected chi connectivity index (χ4v) is 1.01. The Labute approximate surface area is 72.3 Å². The van der Waals surface area contributed by atoms with Crippen molar-refractivity contribution in [2.24, 2.45) is 11.5 Å². The van der Waals surface area contributed by atoms with E-state index >= 15 is 0 Å². The quantitative estimate of drug-likeness (QED) is 0.693. The highest BCUT2D eigenvalue weighted by molar-refractivity contribution is 5.30. The maximum atomic E-state index is 5.74. The van der Waals surface area contributed by atoms with Crippen LogP contribution in [0.3, 0.4) is 0 Å². The molecule has 1 unspecified atom stereocenters. The van der Waals surface area contributed by atoms with Crippen molar-refractivity contribution in [1.29, 1.82) is 0 Å². The molecule has 0 aliphatic carbocycles. The van der Waals surface area contributed by atoms with Crippen LogP contribution in [0.4, 0.5) is 0 Å². The first-order valence-electron chi connectivity index (χ1n) is 3.87. The molecule has 0 amide bonds. The fraction of sp³-hybridized carbons (Fsp3) is 0.333. The molecule has 3 heteroatoms. The van der Waals surface area contributed by atoms with Crippen LogP contribution in [0.1, 0.15) is 11.6 Å². The SMILES string of the molecule is COc1cccc(C(N)CN)c1. The van der Waals surface area contributed by atoms with E-state index in [1.807, 2.05) is 24.3 Å². The Morgan fingerprint density at radius 1 is 1.50 bits per heavy atom. The lowest BCUT2D eigenvalue weighted by molar-refractivity contribution is 0.414. The molecule has 1 atom stereocenters. The Morgan fingerprint density at radius 2 is 2.25 bits per heavy atom. The Bertz CT molecular complexity index is 250. The van der Waals surface area contributed by atoms with Crippen LogP contribution >= 0.6 is 0 Å². The van der Waals surface area contributed by atoms with E-state index in [1.165, 1.54) is 0 Å². The third-order valence-corrected chi connectivity index (χ3v) is 1.78. The zero-order chi connectivity index (χ0) is 8.97. The molecule has 4 N–H and O–H groups in total. The number of methoxy groups -OCH3 is 1. The highest BCUT2D eigenvalue weighted by Crippen LogP contribution is 2.16. The van der Waals surface area contributed by atoms with Gasteiger partial charge in [0.15, 0.2) is 0 Å². The van der Waals surface area contributed by atoms with Crippen LogP contribution in [0.2, 0.25) is 0 Å². The minimum Gasteiger partial charge on any atom is -0.497 e. The summed E-state index contributed by atoms with van der Waals surface area (Å²) in [6, 6.07) is 7.54. The Kier molecular flexibility index (Phi) is 3.08. The summed E-state index contributed by atoms with van der Waals surface area (Å²) in [7, 11) is 1.63. The lowest BCUT2D eigenvalue weighted by atomic mass is 10.1. The first-order valence-corrected chi connectivity index (χ1v) is 3.87. The van der Waals surface area contributed by atoms with Crippen molar-refractivity contribution in [2.75, 3.05) is 13.7 Å². The summed E-state index contributed by atoms with van der Waals surface area (Å²) in [5, 5.41) is 0. The number of hydrogen-bond acceptors (Lipinski definition) is 3. The van der Waals surface area contributed by atoms with Gasteiger partial charge in [0.2, 0.25) is 0 Å². The van der Waals surface area contributed by atoms with E-state index in [0.29, 0.717) is 6.54 Å². The average molecular weight is 166 g/mol. The summed E-state index contributed by atoms with van der Waals surface area (Å²) in [6.45, 7) is 0.452. The number of ether oxygens (including phenoxy) is 1. The molecule has 0 bridgehead atoms. The predicted octanol–water partition coefficient (Wildman–Crippen LogP) is 0.654. The number of rotatable bonds is 3. The Morgan fingerprint density at radius 3 is 2.83 bits per heavy atom. The Hall–Kier alpha value is -1.06. The number of hydrogen-bond donors (Lipinski definition) is 2. The highest BCUT2D eigenvalue weighted by atomic mass is 16.5. The summed E-state index contributed by atoms with van der Waals surface area (Å²) < 4.78 is 5.05. The number of nitrogens with two attached hydrogens (primary N) is 2. The maximum Gasteiger partial charge on any atom is 0.119 e. The summed E-state index contributed by atoms with van der Waals surface area (Å²) in [5.41, 5.74) is 12.2. The molecule has 1 rings (SSSR count). The molecule has 0 fully saturated rings. The van der Waals surface area contributed by atoms with Gasteiger partial charge in [-0.25, -0.2) is 0 Å². The van der Waals surface area contributed by atoms with Crippen molar-refractivity contribution < 1.29 is 4.74 Å². The molecule has 0 saturated heterocycles. The van der Waals surface area contributed by atoms with Crippen molar-refractivity contribution in [1.82, 2.24) is 0 Å². The molecule has 0 aliphatic heterocycles. The first kappa shape index (κ1) is 9.03. The molecule has 3 nitrogen and oxygen atoms in total. The zero-order valence-electron chi connectivity index (χ0n) is 7.16. The van der Waals surface area contributed by atoms with Crippen molar-refractivity contribution in [3.05, 3.63) is 29.8 Å². The second-order valence-electron chi connectivity index (χ2n) is 2.62. The highest BCUT2D eigenvalue weighted by Gasteiger charge is 2.03. The summed E-state index contributed by atoms with van der Waals surface area (Å²) in [4.78, 5) is 0. The van der Waals surface area contributed by atoms with Gasteiger partial charge in [0.25, 0.3) is 0 Å². The van der Waals surface area contributed by atoms with Gasteiger partial charge in [0.1, 0.15) is 5.75 Å². The molecule has 0 radical (unpaired) electrons. The van der Waals surface area contributed by atoms with E-state index < -0.39 is 0 Å². The van der Waals surface area contributed by atoms with Gasteiger partial charge in [-0.2, -0.15) is 0 Å². The molecule has 12 heavy (non-hydrogen) atoms. The summed E-state index contributed by atoms with van der Waals surface area (Å²) >= 11 is 0. The molecule has 0 aromatic heterocycles. The van der Waals surface area contributed by atoms with Gasteiger partial charge in [-0.3, -0.25) is 0 Å². The standard InChI is InChI=1S/C9H14N2O/c1-12-8-4-2-3-7(5-8)9(11)6-10/h2-5,9H,6,10-11H2,1H3. The second kappa shape index (κ2) is 4.09. The van der Waals surface area contributed by atoms with E-state index in [1.54, 1.807) is 7.11 Å². The molecular formula is C9H14N2O. The van der Waals surface area contributed by atoms with Gasteiger partial charge in [-0.05, 0) is 17.7 Å². The first-order chi connectivity index (χ1) is 5.77. The molecule has 0 aliphatic rings. The molecule has 0 heterocycles. The lowest BCUT2D eigenvalue weighted by Gasteiger charge is -2.09. The van der Waals surface area contributed by atoms with Gasteiger partial charge in [0, 0.05) is 12.6 Å². The Balaban J connectivity index is 2.86. The molecular weight excluding hydrogens is 152 g/mol. The van der Waals surface area contributed by atoms with Crippen LogP contribution in [-0.2, 0) is 0 Å². The van der Waals surface area contributed by atoms with Gasteiger partial charge >= 0.3 is 0 Å². The smallest absolute Gasteiger partial charge is 0.119 e. The van der Waals surface area contributed by atoms with Gasteiger partial charge in [-0.15, -0.1) is 0 Å². The van der Waals surface area contributed by atoms with Gasteiger partial charge in [0.05, 0.1) is 7.11 Å². The van der Waals surface area contributed by atoms with Crippen LogP contribution in [0, 0.1) is 0 Å². The van der Waals surface area contributed by atoms with Crippen LogP contribution in [0.25, 0.3) is 0 Å². The number of benzene rings is 1. The fourth-order valence-electron chi connectivity index (χ4n) is 1.01. The van der Waals surface area contributed by atoms with E-state index in [9.17, 15) is 0 Å². The van der Waals surface area contributed by atoms with E-state index in [0.717, 1.165) is 11.3 Å². The van der Waals surface area contributed by atoms with Crippen molar-refractivity contribution in [2.45, 2.75) is 6.04 Å². The van der Waals surface area contributed by atoms with E-state index in [-0.39, 0.29) is 6.04 Å². The lowest BCUT2D eigenvalue weighted by Crippen LogP contribution is -2.20. The molecule has 0 saturated carbocycles. The minimum absolute atomic E-state index is 0.0971. The normalized spacial score (nSPS) is 12.6. The van der Waals surface area contributed by atoms with E-state index in [4.69, 9.17) is 16.2 Å². The minimum atomic E-state index is -0.0971. The second-order valence-corrected chi connectivity index (χ2v) is 2.62. The van der Waals surface area contributed by atoms with Crippen LogP contribution in [-0.4, -0.2) is 13.7 Å². The average Bonchev–Trinajstić information content (AvgIpc) is 2.17. The largest absolute Gasteiger partial charge is 0.497 e. The van der Waals surface area contributed by atoms with Crippen LogP contribution in [0.15, 0.2) is 24.3 Å². The van der Waals surface area contributed by atoms with Crippen LogP contribution in [0.5, 0.6) is 5.75 Å². The molecule has 1 aromatic rings. The summed E-state index contributed by atoms with van der Waals surface area (Å²) in [5.74, 6) is 0.816. The van der Waals surface area contributed by atoms with Crippen molar-refractivity contribution in [3.63, 3.8) is 0 Å². The maximum absolute atomic E-state index is 5.74. The van der Waals surface area contributed by atoms with Crippen LogP contribution < -0.4 is 16.2 Å². The van der Waals surface area contributed by atoms with E-state index in [2.05, 4.69) is 0 Å². The van der Waals surface area contributed by atoms with Gasteiger partial charge in [-0.1, -0.05) is 12.1 Å². The predicted molar refractivity (Wildman–Crippen MR) is 49.0 cm³/mol. The molecule has 66 valence electrons.